The average molecular weight is 242 g/mol. The van der Waals surface area contributed by atoms with E-state index in [0.717, 1.165) is 6.07 Å². The van der Waals surface area contributed by atoms with E-state index in [1.807, 2.05) is 6.92 Å². The molecule has 17 heavy (non-hydrogen) atoms. The van der Waals surface area contributed by atoms with Gasteiger partial charge in [0.2, 0.25) is 5.89 Å². The third-order valence-corrected chi connectivity index (χ3v) is 2.29. The molecular formula is C11H9F3N2O. The van der Waals surface area contributed by atoms with Crippen molar-refractivity contribution in [3.63, 3.8) is 0 Å². The van der Waals surface area contributed by atoms with Gasteiger partial charge < -0.3 is 4.42 Å². The third kappa shape index (κ3) is 2.30. The Labute approximate surface area is 95.3 Å². The fourth-order valence-electron chi connectivity index (χ4n) is 1.46. The Bertz CT molecular complexity index is 506. The molecule has 0 unspecified atom stereocenters. The van der Waals surface area contributed by atoms with E-state index < -0.39 is 11.9 Å². The molecule has 0 aliphatic heterocycles. The zero-order valence-corrected chi connectivity index (χ0v) is 8.95. The van der Waals surface area contributed by atoms with Crippen LogP contribution < -0.4 is 0 Å². The first kappa shape index (κ1) is 11.6. The normalized spacial score (nSPS) is 11.8. The van der Waals surface area contributed by atoms with E-state index in [1.54, 1.807) is 0 Å². The number of oxazole rings is 1. The van der Waals surface area contributed by atoms with Crippen LogP contribution in [0.4, 0.5) is 13.2 Å². The van der Waals surface area contributed by atoms with Crippen molar-refractivity contribution in [2.45, 2.75) is 19.5 Å². The lowest BCUT2D eigenvalue weighted by atomic mass is 10.1. The van der Waals surface area contributed by atoms with Crippen LogP contribution in [0.2, 0.25) is 0 Å². The van der Waals surface area contributed by atoms with Gasteiger partial charge in [-0.2, -0.15) is 13.2 Å². The molecule has 2 aromatic rings. The van der Waals surface area contributed by atoms with E-state index in [2.05, 4.69) is 9.97 Å². The highest BCUT2D eigenvalue weighted by Crippen LogP contribution is 2.30. The van der Waals surface area contributed by atoms with Crippen LogP contribution >= 0.6 is 0 Å². The van der Waals surface area contributed by atoms with Crippen molar-refractivity contribution in [3.8, 4) is 11.6 Å². The maximum absolute atomic E-state index is 12.5. The standard InChI is InChI=1S/C11H9F3N2O/c1-2-7-3-4-8(11(12,13)14)16-9(7)10-15-5-6-17-10/h3-6H,2H2,1H3. The van der Waals surface area contributed by atoms with Gasteiger partial charge in [-0.15, -0.1) is 0 Å². The fourth-order valence-corrected chi connectivity index (χ4v) is 1.46. The van der Waals surface area contributed by atoms with Gasteiger partial charge in [-0.25, -0.2) is 9.97 Å². The Hall–Kier alpha value is -1.85. The SMILES string of the molecule is CCc1ccc(C(F)(F)F)nc1-c1ncco1. The molecule has 0 amide bonds. The Morgan fingerprint density at radius 1 is 1.29 bits per heavy atom. The molecule has 2 rings (SSSR count). The number of hydrogen-bond donors (Lipinski definition) is 0. The lowest BCUT2D eigenvalue weighted by molar-refractivity contribution is -0.141. The topological polar surface area (TPSA) is 38.9 Å². The highest BCUT2D eigenvalue weighted by molar-refractivity contribution is 5.53. The molecule has 0 N–H and O–H groups in total. The van der Waals surface area contributed by atoms with Gasteiger partial charge in [-0.3, -0.25) is 0 Å². The van der Waals surface area contributed by atoms with E-state index in [0.29, 0.717) is 12.0 Å². The molecule has 90 valence electrons. The first-order valence-electron chi connectivity index (χ1n) is 4.99. The number of hydrogen-bond acceptors (Lipinski definition) is 3. The van der Waals surface area contributed by atoms with Crippen LogP contribution in [0.3, 0.4) is 0 Å². The van der Waals surface area contributed by atoms with Crippen LogP contribution in [0.5, 0.6) is 0 Å². The number of halogens is 3. The average Bonchev–Trinajstić information content (AvgIpc) is 2.80. The number of aromatic nitrogens is 2. The third-order valence-electron chi connectivity index (χ3n) is 2.29. The quantitative estimate of drug-likeness (QED) is 0.810. The Morgan fingerprint density at radius 3 is 2.59 bits per heavy atom. The Balaban J connectivity index is 2.55. The van der Waals surface area contributed by atoms with Crippen LogP contribution in [0.15, 0.2) is 29.0 Å². The van der Waals surface area contributed by atoms with Crippen molar-refractivity contribution in [2.75, 3.05) is 0 Å². The molecule has 2 heterocycles. The predicted octanol–water partition coefficient (Wildman–Crippen LogP) is 3.32. The van der Waals surface area contributed by atoms with Crippen molar-refractivity contribution in [1.82, 2.24) is 9.97 Å². The molecule has 0 radical (unpaired) electrons. The van der Waals surface area contributed by atoms with Crippen LogP contribution in [-0.4, -0.2) is 9.97 Å². The van der Waals surface area contributed by atoms with Crippen LogP contribution in [0.1, 0.15) is 18.2 Å². The predicted molar refractivity (Wildman–Crippen MR) is 54.1 cm³/mol. The molecule has 6 heteroatoms. The van der Waals surface area contributed by atoms with Gasteiger partial charge in [0.05, 0.1) is 6.20 Å². The van der Waals surface area contributed by atoms with E-state index in [4.69, 9.17) is 4.42 Å². The molecule has 0 aromatic carbocycles. The van der Waals surface area contributed by atoms with Gasteiger partial charge in [0, 0.05) is 0 Å². The largest absolute Gasteiger partial charge is 0.443 e. The van der Waals surface area contributed by atoms with Gasteiger partial charge in [-0.05, 0) is 18.1 Å². The number of aryl methyl sites for hydroxylation is 1. The number of pyridine rings is 1. The summed E-state index contributed by atoms with van der Waals surface area (Å²) in [5, 5.41) is 0. The summed E-state index contributed by atoms with van der Waals surface area (Å²) in [5.41, 5.74) is -0.129. The molecule has 0 fully saturated rings. The highest BCUT2D eigenvalue weighted by atomic mass is 19.4. The molecule has 3 nitrogen and oxygen atoms in total. The number of nitrogens with zero attached hydrogens (tertiary/aromatic N) is 2. The summed E-state index contributed by atoms with van der Waals surface area (Å²) in [6, 6.07) is 2.36. The van der Waals surface area contributed by atoms with E-state index >= 15 is 0 Å². The fraction of sp³-hybridized carbons (Fsp3) is 0.273. The molecule has 0 saturated carbocycles. The Kier molecular flexibility index (Phi) is 2.87. The van der Waals surface area contributed by atoms with Crippen LogP contribution in [0, 0.1) is 0 Å². The van der Waals surface area contributed by atoms with E-state index in [9.17, 15) is 13.2 Å². The maximum atomic E-state index is 12.5. The zero-order chi connectivity index (χ0) is 12.5. The van der Waals surface area contributed by atoms with Gasteiger partial charge >= 0.3 is 6.18 Å². The van der Waals surface area contributed by atoms with Crippen molar-refractivity contribution < 1.29 is 17.6 Å². The number of rotatable bonds is 2. The van der Waals surface area contributed by atoms with Gasteiger partial charge in [-0.1, -0.05) is 13.0 Å². The van der Waals surface area contributed by atoms with Crippen molar-refractivity contribution in [2.24, 2.45) is 0 Å². The Morgan fingerprint density at radius 2 is 2.06 bits per heavy atom. The molecule has 0 bridgehead atoms. The zero-order valence-electron chi connectivity index (χ0n) is 8.95. The monoisotopic (exact) mass is 242 g/mol. The summed E-state index contributed by atoms with van der Waals surface area (Å²) < 4.78 is 42.6. The van der Waals surface area contributed by atoms with E-state index in [-0.39, 0.29) is 11.6 Å². The van der Waals surface area contributed by atoms with Crippen molar-refractivity contribution in [3.05, 3.63) is 35.9 Å². The first-order chi connectivity index (χ1) is 8.02. The molecule has 0 aliphatic rings. The summed E-state index contributed by atoms with van der Waals surface area (Å²) in [6.45, 7) is 1.83. The molecule has 0 atom stereocenters. The summed E-state index contributed by atoms with van der Waals surface area (Å²) in [6.07, 6.45) is -1.23. The van der Waals surface area contributed by atoms with Crippen LogP contribution in [0.25, 0.3) is 11.6 Å². The molecule has 0 aliphatic carbocycles. The maximum Gasteiger partial charge on any atom is 0.433 e. The first-order valence-corrected chi connectivity index (χ1v) is 4.99. The second-order valence-electron chi connectivity index (χ2n) is 3.39. The van der Waals surface area contributed by atoms with Crippen LogP contribution in [-0.2, 0) is 12.6 Å². The van der Waals surface area contributed by atoms with Gasteiger partial charge in [0.25, 0.3) is 0 Å². The van der Waals surface area contributed by atoms with Gasteiger partial charge in [0.15, 0.2) is 0 Å². The second-order valence-corrected chi connectivity index (χ2v) is 3.39. The minimum Gasteiger partial charge on any atom is -0.443 e. The van der Waals surface area contributed by atoms with Gasteiger partial charge in [0.1, 0.15) is 17.7 Å². The lowest BCUT2D eigenvalue weighted by Crippen LogP contribution is -2.09. The molecule has 0 saturated heterocycles. The highest BCUT2D eigenvalue weighted by Gasteiger charge is 2.33. The number of alkyl halides is 3. The minimum atomic E-state index is -4.46. The lowest BCUT2D eigenvalue weighted by Gasteiger charge is -2.09. The molecule has 2 aromatic heterocycles. The van der Waals surface area contributed by atoms with Crippen molar-refractivity contribution >= 4 is 0 Å². The minimum absolute atomic E-state index is 0.105. The summed E-state index contributed by atoms with van der Waals surface area (Å²) in [7, 11) is 0. The summed E-state index contributed by atoms with van der Waals surface area (Å²) in [4.78, 5) is 7.40. The van der Waals surface area contributed by atoms with Crippen molar-refractivity contribution in [1.29, 1.82) is 0 Å². The summed E-state index contributed by atoms with van der Waals surface area (Å²) >= 11 is 0. The molecule has 0 spiro atoms. The molecular weight excluding hydrogens is 233 g/mol. The van der Waals surface area contributed by atoms with E-state index in [1.165, 1.54) is 18.5 Å². The summed E-state index contributed by atoms with van der Waals surface area (Å²) in [5.74, 6) is 0.105. The second kappa shape index (κ2) is 4.20. The smallest absolute Gasteiger partial charge is 0.433 e.